The van der Waals surface area contributed by atoms with Crippen molar-refractivity contribution in [2.75, 3.05) is 0 Å². The number of carbonyl (C=O) groups is 2. The molecule has 0 radical (unpaired) electrons. The van der Waals surface area contributed by atoms with Crippen LogP contribution in [0.2, 0.25) is 0 Å². The second-order valence-electron chi connectivity index (χ2n) is 8.02. The maximum Gasteiger partial charge on any atom is 0.314 e. The van der Waals surface area contributed by atoms with Crippen molar-refractivity contribution in [3.05, 3.63) is 34.4 Å². The molecule has 24 heavy (non-hydrogen) atoms. The molecule has 4 nitrogen and oxygen atoms in total. The first kappa shape index (κ1) is 17.2. The Balaban J connectivity index is 2.25. The Morgan fingerprint density at radius 2 is 2.00 bits per heavy atom. The number of carboxylic acid groups (broad SMARTS) is 1. The molecule has 0 bridgehead atoms. The maximum absolute atomic E-state index is 12.2. The Kier molecular flexibility index (Phi) is 4.07. The first-order valence-electron chi connectivity index (χ1n) is 8.78. The fourth-order valence-electron chi connectivity index (χ4n) is 4.79. The molecule has 0 spiro atoms. The molecule has 3 aliphatic carbocycles. The normalized spacial score (nSPS) is 35.8. The minimum absolute atomic E-state index is 0.277. The van der Waals surface area contributed by atoms with Gasteiger partial charge in [-0.2, -0.15) is 0 Å². The molecular formula is C20H26O4. The highest BCUT2D eigenvalue weighted by molar-refractivity contribution is 5.83. The summed E-state index contributed by atoms with van der Waals surface area (Å²) in [6.07, 6.45) is 6.72. The maximum atomic E-state index is 12.2. The first-order chi connectivity index (χ1) is 11.3. The summed E-state index contributed by atoms with van der Waals surface area (Å²) in [5.74, 6) is -0.478. The summed E-state index contributed by atoms with van der Waals surface area (Å²) in [4.78, 5) is 23.4. The van der Waals surface area contributed by atoms with Gasteiger partial charge in [-0.3, -0.25) is 9.59 Å². The van der Waals surface area contributed by atoms with E-state index in [1.54, 1.807) is 6.08 Å². The number of aliphatic hydroxyl groups is 1. The molecule has 0 heterocycles. The number of allylic oxidation sites excluding steroid dienone is 3. The van der Waals surface area contributed by atoms with Crippen molar-refractivity contribution in [2.45, 2.75) is 59.0 Å². The number of aliphatic carboxylic acids is 1. The molecule has 1 saturated carbocycles. The van der Waals surface area contributed by atoms with Crippen LogP contribution in [0.25, 0.3) is 0 Å². The van der Waals surface area contributed by atoms with Crippen LogP contribution in [0.5, 0.6) is 0 Å². The molecule has 4 heteroatoms. The molecule has 130 valence electrons. The molecule has 0 aromatic heterocycles. The summed E-state index contributed by atoms with van der Waals surface area (Å²) in [7, 11) is 0. The van der Waals surface area contributed by atoms with Crippen LogP contribution >= 0.6 is 0 Å². The summed E-state index contributed by atoms with van der Waals surface area (Å²) in [5, 5.41) is 20.8. The highest BCUT2D eigenvalue weighted by Crippen LogP contribution is 2.62. The average molecular weight is 330 g/mol. The first-order valence-corrected chi connectivity index (χ1v) is 8.78. The lowest BCUT2D eigenvalue weighted by atomic mass is 9.57. The van der Waals surface area contributed by atoms with Gasteiger partial charge in [-0.05, 0) is 48.3 Å². The van der Waals surface area contributed by atoms with Gasteiger partial charge in [-0.25, -0.2) is 0 Å². The van der Waals surface area contributed by atoms with Crippen molar-refractivity contribution in [3.63, 3.8) is 0 Å². The van der Waals surface area contributed by atoms with Crippen LogP contribution in [0.1, 0.15) is 52.9 Å². The number of aldehydes is 1. The zero-order chi connectivity index (χ0) is 17.7. The number of hydrogen-bond donors (Lipinski definition) is 2. The second-order valence-corrected chi connectivity index (χ2v) is 8.02. The average Bonchev–Trinajstić information content (AvgIpc) is 2.88. The third-order valence-electron chi connectivity index (χ3n) is 6.46. The second kappa shape index (κ2) is 5.69. The molecular weight excluding hydrogens is 304 g/mol. The topological polar surface area (TPSA) is 74.6 Å². The Labute approximate surface area is 142 Å². The molecule has 0 amide bonds. The zero-order valence-electron chi connectivity index (χ0n) is 14.6. The van der Waals surface area contributed by atoms with Crippen LogP contribution in [-0.4, -0.2) is 28.6 Å². The van der Waals surface area contributed by atoms with E-state index in [2.05, 4.69) is 13.8 Å². The Morgan fingerprint density at radius 3 is 2.58 bits per heavy atom. The third-order valence-corrected chi connectivity index (χ3v) is 6.46. The number of rotatable bonds is 3. The van der Waals surface area contributed by atoms with Gasteiger partial charge in [0.25, 0.3) is 0 Å². The predicted octanol–water partition coefficient (Wildman–Crippen LogP) is 3.42. The van der Waals surface area contributed by atoms with E-state index in [1.165, 1.54) is 5.57 Å². The van der Waals surface area contributed by atoms with Crippen LogP contribution in [-0.2, 0) is 9.59 Å². The fourth-order valence-corrected chi connectivity index (χ4v) is 4.79. The van der Waals surface area contributed by atoms with Crippen LogP contribution in [0.15, 0.2) is 34.4 Å². The van der Waals surface area contributed by atoms with Gasteiger partial charge >= 0.3 is 5.97 Å². The monoisotopic (exact) mass is 330 g/mol. The summed E-state index contributed by atoms with van der Waals surface area (Å²) in [6, 6.07) is 0. The Morgan fingerprint density at radius 1 is 1.29 bits per heavy atom. The van der Waals surface area contributed by atoms with Crippen LogP contribution < -0.4 is 0 Å². The highest BCUT2D eigenvalue weighted by atomic mass is 16.4. The smallest absolute Gasteiger partial charge is 0.314 e. The van der Waals surface area contributed by atoms with Crippen molar-refractivity contribution in [3.8, 4) is 0 Å². The van der Waals surface area contributed by atoms with E-state index in [-0.39, 0.29) is 5.92 Å². The molecule has 0 aromatic rings. The summed E-state index contributed by atoms with van der Waals surface area (Å²) < 4.78 is 0. The largest absolute Gasteiger partial charge is 0.481 e. The lowest BCUT2D eigenvalue weighted by Gasteiger charge is -2.47. The van der Waals surface area contributed by atoms with E-state index < -0.39 is 22.9 Å². The molecule has 2 N–H and O–H groups in total. The molecule has 3 aliphatic rings. The van der Waals surface area contributed by atoms with E-state index in [0.29, 0.717) is 31.3 Å². The number of carbonyl (C=O) groups excluding carboxylic acids is 1. The minimum atomic E-state index is -0.829. The van der Waals surface area contributed by atoms with E-state index in [0.717, 1.165) is 23.9 Å². The van der Waals surface area contributed by atoms with Gasteiger partial charge < -0.3 is 10.2 Å². The molecule has 1 fully saturated rings. The van der Waals surface area contributed by atoms with Gasteiger partial charge in [0.15, 0.2) is 0 Å². The van der Waals surface area contributed by atoms with Gasteiger partial charge in [0, 0.05) is 11.8 Å². The van der Waals surface area contributed by atoms with E-state index in [9.17, 15) is 19.8 Å². The predicted molar refractivity (Wildman–Crippen MR) is 91.4 cm³/mol. The zero-order valence-corrected chi connectivity index (χ0v) is 14.6. The number of carboxylic acids is 1. The fraction of sp³-hybridized carbons (Fsp3) is 0.600. The van der Waals surface area contributed by atoms with Crippen molar-refractivity contribution >= 4 is 12.3 Å². The van der Waals surface area contributed by atoms with E-state index >= 15 is 0 Å². The number of fused-ring (bicyclic) bond motifs is 3. The van der Waals surface area contributed by atoms with Crippen LogP contribution in [0.3, 0.4) is 0 Å². The quantitative estimate of drug-likeness (QED) is 0.778. The van der Waals surface area contributed by atoms with Gasteiger partial charge in [-0.1, -0.05) is 38.5 Å². The number of aliphatic hydroxyl groups excluding tert-OH is 1. The van der Waals surface area contributed by atoms with Gasteiger partial charge in [0.2, 0.25) is 0 Å². The van der Waals surface area contributed by atoms with E-state index in [4.69, 9.17) is 0 Å². The molecule has 3 atom stereocenters. The molecule has 0 saturated heterocycles. The third kappa shape index (κ3) is 2.23. The summed E-state index contributed by atoms with van der Waals surface area (Å²) in [6.45, 7) is 6.22. The van der Waals surface area contributed by atoms with Crippen molar-refractivity contribution < 1.29 is 19.8 Å². The summed E-state index contributed by atoms with van der Waals surface area (Å²) in [5.41, 5.74) is 2.30. The standard InChI is InChI=1S/C20H26O4/c1-12(2)14-6-7-20(18(23)24)9-8-19(3)15(17(14)20)5-4-13(11-21)10-16(19)22/h4-5,11-12,16,22H,6-10H2,1-3H3,(H,23,24)/t16-,19+,20-/m0/s1. The van der Waals surface area contributed by atoms with Gasteiger partial charge in [-0.15, -0.1) is 0 Å². The lowest BCUT2D eigenvalue weighted by molar-refractivity contribution is -0.148. The minimum Gasteiger partial charge on any atom is -0.481 e. The van der Waals surface area contributed by atoms with Crippen molar-refractivity contribution in [2.24, 2.45) is 16.7 Å². The highest BCUT2D eigenvalue weighted by Gasteiger charge is 2.57. The Bertz CT molecular complexity index is 682. The molecule has 3 rings (SSSR count). The number of hydrogen-bond acceptors (Lipinski definition) is 3. The Hall–Kier alpha value is -1.68. The summed E-state index contributed by atoms with van der Waals surface area (Å²) >= 11 is 0. The SMILES string of the molecule is CC(C)C1=C2C3=CC=C(C=O)C[C@H](O)[C@]3(C)CC[C@@]2(C(=O)O)CC1. The van der Waals surface area contributed by atoms with Gasteiger partial charge in [0.1, 0.15) is 6.29 Å². The van der Waals surface area contributed by atoms with Crippen LogP contribution in [0, 0.1) is 16.7 Å². The lowest BCUT2D eigenvalue weighted by Crippen LogP contribution is -2.45. The van der Waals surface area contributed by atoms with Crippen molar-refractivity contribution in [1.29, 1.82) is 0 Å². The van der Waals surface area contributed by atoms with Gasteiger partial charge in [0.05, 0.1) is 11.5 Å². The molecule has 0 unspecified atom stereocenters. The molecule has 0 aromatic carbocycles. The van der Waals surface area contributed by atoms with Crippen molar-refractivity contribution in [1.82, 2.24) is 0 Å². The van der Waals surface area contributed by atoms with E-state index in [1.807, 2.05) is 13.0 Å². The molecule has 0 aliphatic heterocycles. The van der Waals surface area contributed by atoms with Crippen LogP contribution in [0.4, 0.5) is 0 Å².